The van der Waals surface area contributed by atoms with E-state index in [-0.39, 0.29) is 5.91 Å². The normalized spacial score (nSPS) is 16.6. The topological polar surface area (TPSA) is 60.5 Å². The Kier molecular flexibility index (Phi) is 3.71. The molecule has 1 aromatic carbocycles. The minimum Gasteiger partial charge on any atom is -0.379 e. The number of aromatic nitrogens is 1. The van der Waals surface area contributed by atoms with Crippen molar-refractivity contribution in [1.29, 1.82) is 0 Å². The minimum absolute atomic E-state index is 0.382. The first-order chi connectivity index (χ1) is 9.74. The van der Waals surface area contributed by atoms with Crippen molar-refractivity contribution in [2.75, 3.05) is 32.8 Å². The quantitative estimate of drug-likeness (QED) is 0.906. The van der Waals surface area contributed by atoms with Crippen LogP contribution in [0.1, 0.15) is 10.4 Å². The number of ether oxygens (including phenoxy) is 1. The molecule has 2 aromatic rings. The summed E-state index contributed by atoms with van der Waals surface area (Å²) in [6.45, 7) is 5.63. The summed E-state index contributed by atoms with van der Waals surface area (Å²) in [6.07, 6.45) is 2.07. The number of primary amides is 1. The van der Waals surface area contributed by atoms with Crippen molar-refractivity contribution in [2.24, 2.45) is 5.73 Å². The molecule has 1 aromatic heterocycles. The van der Waals surface area contributed by atoms with Crippen LogP contribution in [-0.2, 0) is 11.3 Å². The van der Waals surface area contributed by atoms with E-state index in [0.717, 1.165) is 50.3 Å². The lowest BCUT2D eigenvalue weighted by atomic mass is 10.1. The predicted molar refractivity (Wildman–Crippen MR) is 77.7 cm³/mol. The number of amides is 1. The number of benzene rings is 1. The van der Waals surface area contributed by atoms with Gasteiger partial charge in [-0.1, -0.05) is 0 Å². The Hall–Kier alpha value is -1.85. The van der Waals surface area contributed by atoms with Crippen molar-refractivity contribution in [2.45, 2.75) is 6.54 Å². The van der Waals surface area contributed by atoms with Crippen molar-refractivity contribution in [1.82, 2.24) is 9.47 Å². The van der Waals surface area contributed by atoms with E-state index in [1.165, 1.54) is 0 Å². The van der Waals surface area contributed by atoms with Gasteiger partial charge < -0.3 is 15.0 Å². The molecule has 1 aliphatic rings. The highest BCUT2D eigenvalue weighted by Crippen LogP contribution is 2.17. The average molecular weight is 273 g/mol. The lowest BCUT2D eigenvalue weighted by molar-refractivity contribution is 0.0365. The molecule has 5 heteroatoms. The van der Waals surface area contributed by atoms with Crippen LogP contribution in [0.25, 0.3) is 10.9 Å². The van der Waals surface area contributed by atoms with Crippen LogP contribution in [0.3, 0.4) is 0 Å². The zero-order chi connectivity index (χ0) is 13.9. The van der Waals surface area contributed by atoms with Crippen LogP contribution in [0.2, 0.25) is 0 Å². The van der Waals surface area contributed by atoms with Crippen LogP contribution < -0.4 is 5.73 Å². The smallest absolute Gasteiger partial charge is 0.248 e. The van der Waals surface area contributed by atoms with Crippen LogP contribution in [0.4, 0.5) is 0 Å². The van der Waals surface area contributed by atoms with E-state index in [2.05, 4.69) is 15.7 Å². The van der Waals surface area contributed by atoms with Gasteiger partial charge in [-0.3, -0.25) is 9.69 Å². The second kappa shape index (κ2) is 5.64. The van der Waals surface area contributed by atoms with Gasteiger partial charge in [0.1, 0.15) is 0 Å². The molecule has 0 bridgehead atoms. The number of hydrogen-bond donors (Lipinski definition) is 1. The minimum atomic E-state index is -0.382. The number of carbonyl (C=O) groups is 1. The number of rotatable bonds is 4. The van der Waals surface area contributed by atoms with Crippen molar-refractivity contribution < 1.29 is 9.53 Å². The Morgan fingerprint density at radius 2 is 2.00 bits per heavy atom. The number of hydrogen-bond acceptors (Lipinski definition) is 3. The van der Waals surface area contributed by atoms with Gasteiger partial charge in [-0.15, -0.1) is 0 Å². The molecule has 20 heavy (non-hydrogen) atoms. The van der Waals surface area contributed by atoms with E-state index in [9.17, 15) is 4.79 Å². The lowest BCUT2D eigenvalue weighted by Gasteiger charge is -2.26. The van der Waals surface area contributed by atoms with Gasteiger partial charge in [0.2, 0.25) is 5.91 Å². The summed E-state index contributed by atoms with van der Waals surface area (Å²) in [5.41, 5.74) is 7.00. The van der Waals surface area contributed by atoms with E-state index >= 15 is 0 Å². The average Bonchev–Trinajstić information content (AvgIpc) is 2.88. The predicted octanol–water partition coefficient (Wildman–Crippen LogP) is 1.07. The van der Waals surface area contributed by atoms with E-state index < -0.39 is 0 Å². The zero-order valence-corrected chi connectivity index (χ0v) is 11.4. The van der Waals surface area contributed by atoms with Gasteiger partial charge in [-0.25, -0.2) is 0 Å². The molecule has 0 aliphatic carbocycles. The molecule has 0 unspecified atom stereocenters. The second-order valence-corrected chi connectivity index (χ2v) is 5.10. The molecular weight excluding hydrogens is 254 g/mol. The molecule has 5 nitrogen and oxygen atoms in total. The summed E-state index contributed by atoms with van der Waals surface area (Å²) in [5.74, 6) is -0.382. The zero-order valence-electron chi connectivity index (χ0n) is 11.4. The van der Waals surface area contributed by atoms with Crippen molar-refractivity contribution in [3.8, 4) is 0 Å². The number of morpholine rings is 1. The summed E-state index contributed by atoms with van der Waals surface area (Å²) in [4.78, 5) is 13.6. The van der Waals surface area contributed by atoms with E-state index in [0.29, 0.717) is 5.56 Å². The third kappa shape index (κ3) is 2.69. The summed E-state index contributed by atoms with van der Waals surface area (Å²) in [5, 5.41) is 1.06. The van der Waals surface area contributed by atoms with Gasteiger partial charge in [0, 0.05) is 48.8 Å². The van der Waals surface area contributed by atoms with Crippen molar-refractivity contribution in [3.05, 3.63) is 36.0 Å². The Balaban J connectivity index is 1.73. The van der Waals surface area contributed by atoms with Gasteiger partial charge in [-0.05, 0) is 24.3 Å². The molecule has 0 atom stereocenters. The third-order valence-electron chi connectivity index (χ3n) is 3.82. The Bertz CT molecular complexity index is 615. The molecule has 2 heterocycles. The standard InChI is InChI=1S/C15H19N3O2/c16-15(19)13-1-2-14-12(11-13)3-4-18(14)6-5-17-7-9-20-10-8-17/h1-4,11H,5-10H2,(H2,16,19). The largest absolute Gasteiger partial charge is 0.379 e. The van der Waals surface area contributed by atoms with Crippen LogP contribution in [0.5, 0.6) is 0 Å². The summed E-state index contributed by atoms with van der Waals surface area (Å²) < 4.78 is 7.57. The maximum Gasteiger partial charge on any atom is 0.248 e. The first kappa shape index (κ1) is 13.1. The van der Waals surface area contributed by atoms with Gasteiger partial charge in [0.05, 0.1) is 13.2 Å². The van der Waals surface area contributed by atoms with Gasteiger partial charge in [-0.2, -0.15) is 0 Å². The van der Waals surface area contributed by atoms with Crippen molar-refractivity contribution in [3.63, 3.8) is 0 Å². The fourth-order valence-corrected chi connectivity index (χ4v) is 2.62. The Morgan fingerprint density at radius 3 is 2.75 bits per heavy atom. The van der Waals surface area contributed by atoms with Crippen LogP contribution >= 0.6 is 0 Å². The number of carbonyl (C=O) groups excluding carboxylic acids is 1. The summed E-state index contributed by atoms with van der Waals surface area (Å²) >= 11 is 0. The Morgan fingerprint density at radius 1 is 1.20 bits per heavy atom. The molecular formula is C15H19N3O2. The van der Waals surface area contributed by atoms with Gasteiger partial charge >= 0.3 is 0 Å². The van der Waals surface area contributed by atoms with Crippen LogP contribution in [-0.4, -0.2) is 48.2 Å². The number of nitrogens with zero attached hydrogens (tertiary/aromatic N) is 2. The first-order valence-corrected chi connectivity index (χ1v) is 6.93. The highest BCUT2D eigenvalue weighted by molar-refractivity contribution is 5.97. The maximum atomic E-state index is 11.2. The molecule has 1 aliphatic heterocycles. The summed E-state index contributed by atoms with van der Waals surface area (Å²) in [7, 11) is 0. The fraction of sp³-hybridized carbons (Fsp3) is 0.400. The molecule has 2 N–H and O–H groups in total. The number of fused-ring (bicyclic) bond motifs is 1. The van der Waals surface area contributed by atoms with Crippen LogP contribution in [0.15, 0.2) is 30.5 Å². The SMILES string of the molecule is NC(=O)c1ccc2c(ccn2CCN2CCOCC2)c1. The lowest BCUT2D eigenvalue weighted by Crippen LogP contribution is -2.38. The van der Waals surface area contributed by atoms with E-state index in [4.69, 9.17) is 10.5 Å². The molecule has 1 saturated heterocycles. The van der Waals surface area contributed by atoms with Crippen molar-refractivity contribution >= 4 is 16.8 Å². The third-order valence-corrected chi connectivity index (χ3v) is 3.82. The highest BCUT2D eigenvalue weighted by atomic mass is 16.5. The van der Waals surface area contributed by atoms with Gasteiger partial charge in [0.25, 0.3) is 0 Å². The number of nitrogens with two attached hydrogens (primary N) is 1. The monoisotopic (exact) mass is 273 g/mol. The molecule has 0 saturated carbocycles. The molecule has 0 spiro atoms. The molecule has 106 valence electrons. The van der Waals surface area contributed by atoms with Crippen LogP contribution in [0, 0.1) is 0 Å². The maximum absolute atomic E-state index is 11.2. The van der Waals surface area contributed by atoms with Gasteiger partial charge in [0.15, 0.2) is 0 Å². The van der Waals surface area contributed by atoms with E-state index in [1.54, 1.807) is 6.07 Å². The molecule has 1 amide bonds. The fourth-order valence-electron chi connectivity index (χ4n) is 2.62. The molecule has 3 rings (SSSR count). The summed E-state index contributed by atoms with van der Waals surface area (Å²) in [6, 6.07) is 7.63. The highest BCUT2D eigenvalue weighted by Gasteiger charge is 2.11. The molecule has 1 fully saturated rings. The molecule has 0 radical (unpaired) electrons. The van der Waals surface area contributed by atoms with E-state index in [1.807, 2.05) is 18.2 Å². The Labute approximate surface area is 117 Å². The second-order valence-electron chi connectivity index (χ2n) is 5.10. The first-order valence-electron chi connectivity index (χ1n) is 6.93.